The lowest BCUT2D eigenvalue weighted by atomic mass is 9.94. The molecule has 1 saturated heterocycles. The fraction of sp³-hybridized carbons (Fsp3) is 0.348. The molecule has 1 heterocycles. The lowest BCUT2D eigenvalue weighted by Gasteiger charge is -2.34. The van der Waals surface area contributed by atoms with Gasteiger partial charge in [0.05, 0.1) is 22.3 Å². The van der Waals surface area contributed by atoms with Crippen molar-refractivity contribution in [3.8, 4) is 0 Å². The summed E-state index contributed by atoms with van der Waals surface area (Å²) in [6.45, 7) is 3.09. The molecule has 3 amide bonds. The highest BCUT2D eigenvalue weighted by Gasteiger charge is 2.31. The fourth-order valence-corrected chi connectivity index (χ4v) is 4.30. The van der Waals surface area contributed by atoms with E-state index in [9.17, 15) is 14.4 Å². The van der Waals surface area contributed by atoms with Crippen LogP contribution in [0.5, 0.6) is 0 Å². The first-order valence-electron chi connectivity index (χ1n) is 10.4. The van der Waals surface area contributed by atoms with Crippen LogP contribution in [0.15, 0.2) is 42.5 Å². The van der Waals surface area contributed by atoms with E-state index in [0.717, 1.165) is 0 Å². The first-order chi connectivity index (χ1) is 15.3. The van der Waals surface area contributed by atoms with Gasteiger partial charge in [-0.2, -0.15) is 0 Å². The number of nitrogens with one attached hydrogen (secondary N) is 1. The number of carbonyl (C=O) groups excluding carboxylic acids is 3. The molecule has 0 atom stereocenters. The Kier molecular flexibility index (Phi) is 8.40. The number of halogens is 3. The van der Waals surface area contributed by atoms with Crippen LogP contribution in [-0.4, -0.2) is 53.7 Å². The lowest BCUT2D eigenvalue weighted by Crippen LogP contribution is -2.46. The molecule has 1 fully saturated rings. The Morgan fingerprint density at radius 1 is 1.00 bits per heavy atom. The van der Waals surface area contributed by atoms with Crippen LogP contribution in [-0.2, 0) is 9.59 Å². The highest BCUT2D eigenvalue weighted by Crippen LogP contribution is 2.30. The minimum Gasteiger partial charge on any atom is -0.339 e. The zero-order valence-corrected chi connectivity index (χ0v) is 19.9. The van der Waals surface area contributed by atoms with E-state index in [4.69, 9.17) is 34.8 Å². The second-order valence-corrected chi connectivity index (χ2v) is 8.82. The molecule has 32 heavy (non-hydrogen) atoms. The number of hydrogen-bond donors (Lipinski definition) is 1. The molecule has 0 radical (unpaired) electrons. The number of rotatable bonds is 6. The SMILES string of the molecule is CCN(CC(=O)Nc1c(Cl)cccc1Cl)C(=O)C1CCN(C(=O)c2ccc(Cl)cc2)CC1. The average molecular weight is 497 g/mol. The Bertz CT molecular complexity index is 969. The van der Waals surface area contributed by atoms with E-state index in [-0.39, 0.29) is 30.2 Å². The highest BCUT2D eigenvalue weighted by molar-refractivity contribution is 6.39. The number of hydrogen-bond acceptors (Lipinski definition) is 3. The van der Waals surface area contributed by atoms with Crippen molar-refractivity contribution in [1.29, 1.82) is 0 Å². The van der Waals surface area contributed by atoms with E-state index in [1.807, 2.05) is 6.92 Å². The molecule has 0 aromatic heterocycles. The van der Waals surface area contributed by atoms with Crippen molar-refractivity contribution in [2.75, 3.05) is 31.5 Å². The van der Waals surface area contributed by atoms with Gasteiger partial charge in [0.2, 0.25) is 11.8 Å². The molecule has 0 saturated carbocycles. The Morgan fingerprint density at radius 3 is 2.16 bits per heavy atom. The van der Waals surface area contributed by atoms with Crippen molar-refractivity contribution in [2.45, 2.75) is 19.8 Å². The van der Waals surface area contributed by atoms with Gasteiger partial charge in [-0.1, -0.05) is 40.9 Å². The number of carbonyl (C=O) groups is 3. The van der Waals surface area contributed by atoms with Crippen LogP contribution in [0.2, 0.25) is 15.1 Å². The van der Waals surface area contributed by atoms with E-state index in [2.05, 4.69) is 5.32 Å². The normalized spacial score (nSPS) is 14.2. The molecule has 6 nitrogen and oxygen atoms in total. The zero-order chi connectivity index (χ0) is 23.3. The maximum atomic E-state index is 13.0. The van der Waals surface area contributed by atoms with Crippen molar-refractivity contribution in [3.63, 3.8) is 0 Å². The summed E-state index contributed by atoms with van der Waals surface area (Å²) in [5.41, 5.74) is 0.905. The Balaban J connectivity index is 1.55. The number of likely N-dealkylation sites (N-methyl/N-ethyl adjacent to an activating group) is 1. The molecule has 1 aliphatic heterocycles. The zero-order valence-electron chi connectivity index (χ0n) is 17.6. The van der Waals surface area contributed by atoms with Crippen LogP contribution in [0.4, 0.5) is 5.69 Å². The predicted octanol–water partition coefficient (Wildman–Crippen LogP) is 4.99. The topological polar surface area (TPSA) is 69.7 Å². The lowest BCUT2D eigenvalue weighted by molar-refractivity contribution is -0.139. The van der Waals surface area contributed by atoms with Gasteiger partial charge < -0.3 is 15.1 Å². The van der Waals surface area contributed by atoms with Gasteiger partial charge in [-0.3, -0.25) is 14.4 Å². The maximum absolute atomic E-state index is 13.0. The van der Waals surface area contributed by atoms with Crippen LogP contribution < -0.4 is 5.32 Å². The summed E-state index contributed by atoms with van der Waals surface area (Å²) in [6.07, 6.45) is 1.10. The molecule has 3 rings (SSSR count). The summed E-state index contributed by atoms with van der Waals surface area (Å²) in [6, 6.07) is 11.7. The molecule has 1 aliphatic rings. The Hall–Kier alpha value is -2.28. The van der Waals surface area contributed by atoms with Crippen LogP contribution in [0.1, 0.15) is 30.1 Å². The molecule has 9 heteroatoms. The quantitative estimate of drug-likeness (QED) is 0.613. The standard InChI is InChI=1S/C23H24Cl3N3O3/c1-2-28(14-20(30)27-21-18(25)4-3-5-19(21)26)22(31)16-10-12-29(13-11-16)23(32)15-6-8-17(24)9-7-15/h3-9,16H,2,10-14H2,1H3,(H,27,30). The maximum Gasteiger partial charge on any atom is 0.253 e. The largest absolute Gasteiger partial charge is 0.339 e. The van der Waals surface area contributed by atoms with E-state index in [1.165, 1.54) is 4.90 Å². The third kappa shape index (κ3) is 5.94. The number of nitrogens with zero attached hydrogens (tertiary/aromatic N) is 2. The average Bonchev–Trinajstić information content (AvgIpc) is 2.79. The Labute approximate surface area is 202 Å². The van der Waals surface area contributed by atoms with Crippen molar-refractivity contribution in [1.82, 2.24) is 9.80 Å². The van der Waals surface area contributed by atoms with E-state index in [1.54, 1.807) is 47.4 Å². The van der Waals surface area contributed by atoms with Gasteiger partial charge in [0.25, 0.3) is 5.91 Å². The summed E-state index contributed by atoms with van der Waals surface area (Å²) in [5.74, 6) is -0.770. The van der Waals surface area contributed by atoms with Crippen molar-refractivity contribution < 1.29 is 14.4 Å². The van der Waals surface area contributed by atoms with E-state index < -0.39 is 0 Å². The third-order valence-electron chi connectivity index (χ3n) is 5.48. The van der Waals surface area contributed by atoms with Crippen LogP contribution in [0.3, 0.4) is 0 Å². The van der Waals surface area contributed by atoms with Crippen LogP contribution in [0, 0.1) is 5.92 Å². The molecule has 0 bridgehead atoms. The number of piperidine rings is 1. The minimum absolute atomic E-state index is 0.0732. The monoisotopic (exact) mass is 495 g/mol. The number of para-hydroxylation sites is 1. The first kappa shape index (κ1) is 24.4. The molecule has 2 aromatic carbocycles. The smallest absolute Gasteiger partial charge is 0.253 e. The van der Waals surface area contributed by atoms with Gasteiger partial charge in [0, 0.05) is 36.1 Å². The molecule has 170 valence electrons. The summed E-state index contributed by atoms with van der Waals surface area (Å²) in [7, 11) is 0. The number of anilines is 1. The summed E-state index contributed by atoms with van der Waals surface area (Å²) >= 11 is 18.1. The highest BCUT2D eigenvalue weighted by atomic mass is 35.5. The van der Waals surface area contributed by atoms with Gasteiger partial charge in [-0.05, 0) is 56.2 Å². The van der Waals surface area contributed by atoms with Crippen molar-refractivity contribution in [3.05, 3.63) is 63.1 Å². The van der Waals surface area contributed by atoms with Crippen LogP contribution >= 0.6 is 34.8 Å². The summed E-state index contributed by atoms with van der Waals surface area (Å²) < 4.78 is 0. The van der Waals surface area contributed by atoms with Gasteiger partial charge in [0.15, 0.2) is 0 Å². The van der Waals surface area contributed by atoms with Crippen LogP contribution in [0.25, 0.3) is 0 Å². The fourth-order valence-electron chi connectivity index (χ4n) is 3.68. The predicted molar refractivity (Wildman–Crippen MR) is 127 cm³/mol. The number of benzene rings is 2. The van der Waals surface area contributed by atoms with Crippen molar-refractivity contribution >= 4 is 58.2 Å². The molecule has 0 spiro atoms. The minimum atomic E-state index is -0.370. The Morgan fingerprint density at radius 2 is 1.59 bits per heavy atom. The van der Waals surface area contributed by atoms with Crippen molar-refractivity contribution in [2.24, 2.45) is 5.92 Å². The first-order valence-corrected chi connectivity index (χ1v) is 11.5. The van der Waals surface area contributed by atoms with Gasteiger partial charge in [-0.15, -0.1) is 0 Å². The second kappa shape index (κ2) is 11.0. The van der Waals surface area contributed by atoms with Gasteiger partial charge in [-0.25, -0.2) is 0 Å². The van der Waals surface area contributed by atoms with Gasteiger partial charge >= 0.3 is 0 Å². The van der Waals surface area contributed by atoms with Gasteiger partial charge in [0.1, 0.15) is 0 Å². The molecule has 1 N–H and O–H groups in total. The summed E-state index contributed by atoms with van der Waals surface area (Å²) in [5, 5.41) is 3.92. The third-order valence-corrected chi connectivity index (χ3v) is 6.36. The molecular formula is C23H24Cl3N3O3. The summed E-state index contributed by atoms with van der Waals surface area (Å²) in [4.78, 5) is 41.4. The second-order valence-electron chi connectivity index (χ2n) is 7.57. The number of likely N-dealkylation sites (tertiary alicyclic amines) is 1. The van der Waals surface area contributed by atoms with E-state index >= 15 is 0 Å². The molecule has 0 aliphatic carbocycles. The van der Waals surface area contributed by atoms with E-state index in [0.29, 0.717) is 58.8 Å². The number of amides is 3. The molecule has 2 aromatic rings. The molecule has 0 unspecified atom stereocenters. The molecular weight excluding hydrogens is 473 g/mol.